The van der Waals surface area contributed by atoms with Crippen LogP contribution in [-0.2, 0) is 16.1 Å². The highest BCUT2D eigenvalue weighted by Crippen LogP contribution is 1.98. The first-order chi connectivity index (χ1) is 10.8. The van der Waals surface area contributed by atoms with Crippen molar-refractivity contribution in [1.29, 1.82) is 0 Å². The Morgan fingerprint density at radius 3 is 2.78 bits per heavy atom. The van der Waals surface area contributed by atoms with Crippen LogP contribution in [0, 0.1) is 0 Å². The molecule has 23 heavy (non-hydrogen) atoms. The third-order valence-electron chi connectivity index (χ3n) is 2.73. The van der Waals surface area contributed by atoms with Gasteiger partial charge in [-0.1, -0.05) is 0 Å². The third-order valence-corrected chi connectivity index (χ3v) is 2.73. The minimum atomic E-state index is -0.150. The van der Waals surface area contributed by atoms with Crippen molar-refractivity contribution in [3.63, 3.8) is 0 Å². The van der Waals surface area contributed by atoms with Crippen LogP contribution in [0.1, 0.15) is 26.0 Å². The number of ether oxygens (including phenoxy) is 1. The topological polar surface area (TPSA) is 87.9 Å². The van der Waals surface area contributed by atoms with E-state index in [0.29, 0.717) is 19.1 Å². The summed E-state index contributed by atoms with van der Waals surface area (Å²) in [5.41, 5.74) is 0. The first-order valence-corrected chi connectivity index (χ1v) is 7.65. The highest BCUT2D eigenvalue weighted by atomic mass is 127. The first kappa shape index (κ1) is 21.7. The molecule has 3 N–H and O–H groups in total. The number of aliphatic imine (C=N–C) groups is 1. The molecule has 0 bridgehead atoms. The van der Waals surface area contributed by atoms with Gasteiger partial charge in [-0.15, -0.1) is 24.0 Å². The number of carbonyl (C=O) groups is 1. The van der Waals surface area contributed by atoms with Crippen LogP contribution in [0.15, 0.2) is 27.8 Å². The van der Waals surface area contributed by atoms with E-state index in [-0.39, 0.29) is 36.4 Å². The smallest absolute Gasteiger partial charge is 0.242 e. The number of nitrogens with one attached hydrogen (secondary N) is 3. The van der Waals surface area contributed by atoms with Gasteiger partial charge >= 0.3 is 0 Å². The molecular weight excluding hydrogens is 411 g/mol. The summed E-state index contributed by atoms with van der Waals surface area (Å²) in [5.74, 6) is 1.20. The lowest BCUT2D eigenvalue weighted by Crippen LogP contribution is -2.39. The standard InChI is InChI=1S/C15H26N4O3.HI/c1-3-16-15(17-8-6-9-21-4-2)19-12-14(20)18-11-13-7-5-10-22-13;/h5,7,10H,3-4,6,8-9,11-12H2,1-2H3,(H,18,20)(H2,16,17,19);1H. The Balaban J connectivity index is 0.00000484. The van der Waals surface area contributed by atoms with Gasteiger partial charge in [-0.3, -0.25) is 4.79 Å². The van der Waals surface area contributed by atoms with Crippen molar-refractivity contribution in [3.05, 3.63) is 24.2 Å². The maximum Gasteiger partial charge on any atom is 0.242 e. The highest BCUT2D eigenvalue weighted by molar-refractivity contribution is 14.0. The molecule has 0 unspecified atom stereocenters. The van der Waals surface area contributed by atoms with E-state index in [0.717, 1.165) is 31.9 Å². The lowest BCUT2D eigenvalue weighted by atomic mass is 10.4. The third kappa shape index (κ3) is 11.0. The Hall–Kier alpha value is -1.29. The van der Waals surface area contributed by atoms with Crippen molar-refractivity contribution in [1.82, 2.24) is 16.0 Å². The second-order valence-electron chi connectivity index (χ2n) is 4.53. The molecule has 8 heteroatoms. The molecule has 0 saturated carbocycles. The van der Waals surface area contributed by atoms with Crippen LogP contribution in [0.4, 0.5) is 0 Å². The van der Waals surface area contributed by atoms with Crippen molar-refractivity contribution in [2.75, 3.05) is 32.8 Å². The predicted molar refractivity (Wildman–Crippen MR) is 101 cm³/mol. The zero-order valence-corrected chi connectivity index (χ0v) is 16.1. The SMILES string of the molecule is CCNC(=NCC(=O)NCc1ccco1)NCCCOCC.I. The lowest BCUT2D eigenvalue weighted by Gasteiger charge is -2.11. The molecule has 0 spiro atoms. The number of halogens is 1. The van der Waals surface area contributed by atoms with Crippen LogP contribution in [0.2, 0.25) is 0 Å². The fourth-order valence-electron chi connectivity index (χ4n) is 1.67. The minimum absolute atomic E-state index is 0. The normalized spacial score (nSPS) is 10.8. The maximum absolute atomic E-state index is 11.7. The summed E-state index contributed by atoms with van der Waals surface area (Å²) in [4.78, 5) is 16.0. The minimum Gasteiger partial charge on any atom is -0.467 e. The summed E-state index contributed by atoms with van der Waals surface area (Å²) in [7, 11) is 0. The molecule has 0 fully saturated rings. The van der Waals surface area contributed by atoms with Crippen LogP contribution < -0.4 is 16.0 Å². The summed E-state index contributed by atoms with van der Waals surface area (Å²) in [6.07, 6.45) is 2.47. The molecule has 0 aromatic carbocycles. The molecule has 0 aliphatic carbocycles. The molecule has 7 nitrogen and oxygen atoms in total. The van der Waals surface area contributed by atoms with Gasteiger partial charge in [0.15, 0.2) is 5.96 Å². The van der Waals surface area contributed by atoms with Gasteiger partial charge in [0, 0.05) is 26.3 Å². The quantitative estimate of drug-likeness (QED) is 0.223. The Labute approximate surface area is 154 Å². The number of hydrogen-bond acceptors (Lipinski definition) is 4. The Morgan fingerprint density at radius 2 is 2.13 bits per heavy atom. The highest BCUT2D eigenvalue weighted by Gasteiger charge is 2.03. The summed E-state index contributed by atoms with van der Waals surface area (Å²) >= 11 is 0. The van der Waals surface area contributed by atoms with Crippen molar-refractivity contribution in [2.24, 2.45) is 4.99 Å². The second kappa shape index (κ2) is 14.3. The van der Waals surface area contributed by atoms with E-state index in [1.807, 2.05) is 19.9 Å². The summed E-state index contributed by atoms with van der Waals surface area (Å²) in [6.45, 7) is 7.33. The van der Waals surface area contributed by atoms with E-state index in [9.17, 15) is 4.79 Å². The zero-order valence-electron chi connectivity index (χ0n) is 13.8. The van der Waals surface area contributed by atoms with Gasteiger partial charge in [0.25, 0.3) is 0 Å². The van der Waals surface area contributed by atoms with Gasteiger partial charge in [0.1, 0.15) is 12.3 Å². The maximum atomic E-state index is 11.7. The van der Waals surface area contributed by atoms with Gasteiger partial charge in [0.2, 0.25) is 5.91 Å². The fraction of sp³-hybridized carbons (Fsp3) is 0.600. The van der Waals surface area contributed by atoms with E-state index >= 15 is 0 Å². The molecule has 0 aliphatic heterocycles. The molecule has 1 heterocycles. The summed E-state index contributed by atoms with van der Waals surface area (Å²) < 4.78 is 10.4. The second-order valence-corrected chi connectivity index (χ2v) is 4.53. The molecule has 1 aromatic rings. The molecular formula is C15H27IN4O3. The van der Waals surface area contributed by atoms with Crippen molar-refractivity contribution in [2.45, 2.75) is 26.8 Å². The van der Waals surface area contributed by atoms with Gasteiger partial charge in [0.05, 0.1) is 12.8 Å². The Morgan fingerprint density at radius 1 is 1.30 bits per heavy atom. The zero-order chi connectivity index (χ0) is 16.0. The first-order valence-electron chi connectivity index (χ1n) is 7.65. The number of rotatable bonds is 10. The number of amides is 1. The van der Waals surface area contributed by atoms with E-state index < -0.39 is 0 Å². The van der Waals surface area contributed by atoms with Crippen molar-refractivity contribution < 1.29 is 13.9 Å². The van der Waals surface area contributed by atoms with Crippen LogP contribution >= 0.6 is 24.0 Å². The van der Waals surface area contributed by atoms with Crippen molar-refractivity contribution >= 4 is 35.8 Å². The number of hydrogen-bond donors (Lipinski definition) is 3. The molecule has 0 aliphatic rings. The van der Waals surface area contributed by atoms with Crippen molar-refractivity contribution in [3.8, 4) is 0 Å². The average molecular weight is 438 g/mol. The number of furan rings is 1. The van der Waals surface area contributed by atoms with Crippen LogP contribution in [0.25, 0.3) is 0 Å². The fourth-order valence-corrected chi connectivity index (χ4v) is 1.67. The molecule has 132 valence electrons. The summed E-state index contributed by atoms with van der Waals surface area (Å²) in [5, 5.41) is 9.01. The molecule has 1 aromatic heterocycles. The van der Waals surface area contributed by atoms with Gasteiger partial charge in [-0.2, -0.15) is 0 Å². The van der Waals surface area contributed by atoms with E-state index in [4.69, 9.17) is 9.15 Å². The van der Waals surface area contributed by atoms with Gasteiger partial charge in [-0.05, 0) is 32.4 Å². The largest absolute Gasteiger partial charge is 0.467 e. The van der Waals surface area contributed by atoms with E-state index in [2.05, 4.69) is 20.9 Å². The predicted octanol–water partition coefficient (Wildman–Crippen LogP) is 1.50. The monoisotopic (exact) mass is 438 g/mol. The lowest BCUT2D eigenvalue weighted by molar-refractivity contribution is -0.119. The van der Waals surface area contributed by atoms with Crippen LogP contribution in [0.3, 0.4) is 0 Å². The van der Waals surface area contributed by atoms with E-state index in [1.165, 1.54) is 0 Å². The van der Waals surface area contributed by atoms with Gasteiger partial charge < -0.3 is 25.1 Å². The number of carbonyl (C=O) groups excluding carboxylic acids is 1. The molecule has 1 amide bonds. The average Bonchev–Trinajstić information content (AvgIpc) is 3.03. The van der Waals surface area contributed by atoms with Crippen LogP contribution in [-0.4, -0.2) is 44.7 Å². The number of guanidine groups is 1. The molecule has 0 radical (unpaired) electrons. The Bertz CT molecular complexity index is 438. The molecule has 0 atom stereocenters. The van der Waals surface area contributed by atoms with E-state index in [1.54, 1.807) is 12.3 Å². The Kier molecular flexibility index (Phi) is 13.5. The van der Waals surface area contributed by atoms with Crippen LogP contribution in [0.5, 0.6) is 0 Å². The van der Waals surface area contributed by atoms with Gasteiger partial charge in [-0.25, -0.2) is 4.99 Å². The molecule has 0 saturated heterocycles. The molecule has 1 rings (SSSR count). The summed E-state index contributed by atoms with van der Waals surface area (Å²) in [6, 6.07) is 3.60. The number of nitrogens with zero attached hydrogens (tertiary/aromatic N) is 1.